The van der Waals surface area contributed by atoms with Gasteiger partial charge >= 0.3 is 0 Å². The highest BCUT2D eigenvalue weighted by Crippen LogP contribution is 2.20. The lowest BCUT2D eigenvalue weighted by atomic mass is 10.2. The summed E-state index contributed by atoms with van der Waals surface area (Å²) in [6, 6.07) is 5.03. The van der Waals surface area contributed by atoms with Crippen LogP contribution in [0.15, 0.2) is 23.4 Å². The minimum Gasteiger partial charge on any atom is -0.324 e. The molecular weight excluding hydrogens is 142 g/mol. The number of benzene rings is 1. The van der Waals surface area contributed by atoms with E-state index >= 15 is 0 Å². The summed E-state index contributed by atoms with van der Waals surface area (Å²) in [6.45, 7) is 1.89. The zero-order valence-electron chi connectivity index (χ0n) is 6.16. The second-order valence-corrected chi connectivity index (χ2v) is 2.23. The second kappa shape index (κ2) is 3.12. The van der Waals surface area contributed by atoms with Gasteiger partial charge < -0.3 is 5.43 Å². The van der Waals surface area contributed by atoms with Gasteiger partial charge in [-0.15, -0.1) is 4.91 Å². The van der Waals surface area contributed by atoms with Crippen molar-refractivity contribution in [1.29, 1.82) is 0 Å². The Hall–Kier alpha value is -1.42. The molecule has 0 saturated carbocycles. The Balaban J connectivity index is 3.12. The Morgan fingerprint density at radius 1 is 1.55 bits per heavy atom. The largest absolute Gasteiger partial charge is 0.324 e. The molecular formula is C7H9N3O. The Labute approximate surface area is 64.4 Å². The maximum Gasteiger partial charge on any atom is 0.110 e. The van der Waals surface area contributed by atoms with Gasteiger partial charge in [-0.1, -0.05) is 6.07 Å². The van der Waals surface area contributed by atoms with E-state index in [1.807, 2.05) is 6.92 Å². The molecule has 0 atom stereocenters. The van der Waals surface area contributed by atoms with Gasteiger partial charge in [-0.05, 0) is 29.8 Å². The summed E-state index contributed by atoms with van der Waals surface area (Å²) in [5, 5.41) is 2.77. The molecule has 0 fully saturated rings. The number of hydrazine groups is 1. The number of aryl methyl sites for hydroxylation is 1. The fraction of sp³-hybridized carbons (Fsp3) is 0.143. The van der Waals surface area contributed by atoms with E-state index in [0.29, 0.717) is 5.69 Å². The van der Waals surface area contributed by atoms with Crippen LogP contribution in [0.2, 0.25) is 0 Å². The van der Waals surface area contributed by atoms with Crippen molar-refractivity contribution in [3.05, 3.63) is 28.7 Å². The molecule has 0 saturated heterocycles. The average molecular weight is 151 g/mol. The molecule has 4 heteroatoms. The highest BCUT2D eigenvalue weighted by atomic mass is 16.3. The highest BCUT2D eigenvalue weighted by molar-refractivity contribution is 5.57. The lowest BCUT2D eigenvalue weighted by Gasteiger charge is -2.02. The molecule has 1 aromatic carbocycles. The molecule has 58 valence electrons. The number of hydrogen-bond donors (Lipinski definition) is 2. The van der Waals surface area contributed by atoms with Crippen LogP contribution in [0.25, 0.3) is 0 Å². The Kier molecular flexibility index (Phi) is 2.18. The lowest BCUT2D eigenvalue weighted by molar-refractivity contribution is 1.30. The lowest BCUT2D eigenvalue weighted by Crippen LogP contribution is -2.07. The molecule has 0 amide bonds. The standard InChI is InChI=1S/C7H9N3O/c1-5-2-3-6(10-11)4-7(5)9-8/h2-4,9H,8H2,1H3. The first kappa shape index (κ1) is 7.68. The molecule has 0 radical (unpaired) electrons. The predicted octanol–water partition coefficient (Wildman–Crippen LogP) is 1.68. The van der Waals surface area contributed by atoms with Gasteiger partial charge in [-0.3, -0.25) is 5.84 Å². The SMILES string of the molecule is Cc1ccc(N=O)cc1NN. The third kappa shape index (κ3) is 1.53. The zero-order valence-corrected chi connectivity index (χ0v) is 6.16. The minimum atomic E-state index is 0.378. The number of nitrogens with zero attached hydrogens (tertiary/aromatic N) is 1. The topological polar surface area (TPSA) is 67.5 Å². The average Bonchev–Trinajstić information content (AvgIpc) is 2.05. The van der Waals surface area contributed by atoms with Crippen molar-refractivity contribution in [2.75, 3.05) is 5.43 Å². The number of nitroso groups, excluding NO2 is 1. The Morgan fingerprint density at radius 3 is 2.82 bits per heavy atom. The van der Waals surface area contributed by atoms with Crippen molar-refractivity contribution in [2.24, 2.45) is 11.0 Å². The molecule has 0 aliphatic carbocycles. The van der Waals surface area contributed by atoms with Gasteiger partial charge in [0.2, 0.25) is 0 Å². The van der Waals surface area contributed by atoms with Gasteiger partial charge in [0.05, 0.1) is 5.69 Å². The molecule has 1 rings (SSSR count). The number of rotatable bonds is 2. The van der Waals surface area contributed by atoms with Crippen molar-refractivity contribution in [3.63, 3.8) is 0 Å². The summed E-state index contributed by atoms with van der Waals surface area (Å²) in [4.78, 5) is 10.1. The first-order valence-corrected chi connectivity index (χ1v) is 3.18. The molecule has 0 bridgehead atoms. The van der Waals surface area contributed by atoms with Gasteiger partial charge in [0.25, 0.3) is 0 Å². The number of hydrogen-bond acceptors (Lipinski definition) is 4. The van der Waals surface area contributed by atoms with Crippen LogP contribution in [0.1, 0.15) is 5.56 Å². The van der Waals surface area contributed by atoms with Crippen molar-refractivity contribution in [2.45, 2.75) is 6.92 Å². The quantitative estimate of drug-likeness (QED) is 0.384. The molecule has 1 aromatic rings. The smallest absolute Gasteiger partial charge is 0.110 e. The number of nitrogens with one attached hydrogen (secondary N) is 1. The molecule has 3 N–H and O–H groups in total. The van der Waals surface area contributed by atoms with Crippen molar-refractivity contribution >= 4 is 11.4 Å². The molecule has 0 aliphatic heterocycles. The predicted molar refractivity (Wildman–Crippen MR) is 44.4 cm³/mol. The molecule has 0 aliphatic rings. The summed E-state index contributed by atoms with van der Waals surface area (Å²) >= 11 is 0. The molecule has 0 spiro atoms. The fourth-order valence-electron chi connectivity index (χ4n) is 0.822. The van der Waals surface area contributed by atoms with Gasteiger partial charge in [-0.25, -0.2) is 0 Å². The normalized spacial score (nSPS) is 9.27. The van der Waals surface area contributed by atoms with Crippen LogP contribution in [0, 0.1) is 11.8 Å². The molecule has 0 aromatic heterocycles. The first-order valence-electron chi connectivity index (χ1n) is 3.18. The number of nitrogens with two attached hydrogens (primary N) is 1. The highest BCUT2D eigenvalue weighted by Gasteiger charge is 1.97. The Morgan fingerprint density at radius 2 is 2.27 bits per heavy atom. The minimum absolute atomic E-state index is 0.378. The summed E-state index contributed by atoms with van der Waals surface area (Å²) in [7, 11) is 0. The van der Waals surface area contributed by atoms with E-state index in [-0.39, 0.29) is 0 Å². The molecule has 11 heavy (non-hydrogen) atoms. The van der Waals surface area contributed by atoms with Gasteiger partial charge in [0, 0.05) is 0 Å². The fourth-order valence-corrected chi connectivity index (χ4v) is 0.822. The molecule has 4 nitrogen and oxygen atoms in total. The van der Waals surface area contributed by atoms with Crippen molar-refractivity contribution < 1.29 is 0 Å². The van der Waals surface area contributed by atoms with E-state index in [9.17, 15) is 4.91 Å². The van der Waals surface area contributed by atoms with E-state index < -0.39 is 0 Å². The zero-order chi connectivity index (χ0) is 8.27. The van der Waals surface area contributed by atoms with Crippen LogP contribution in [0.4, 0.5) is 11.4 Å². The van der Waals surface area contributed by atoms with Crippen LogP contribution < -0.4 is 11.3 Å². The van der Waals surface area contributed by atoms with Crippen LogP contribution in [0.3, 0.4) is 0 Å². The maximum absolute atomic E-state index is 10.1. The monoisotopic (exact) mass is 151 g/mol. The van der Waals surface area contributed by atoms with E-state index in [1.165, 1.54) is 0 Å². The van der Waals surface area contributed by atoms with Gasteiger partial charge in [0.15, 0.2) is 0 Å². The summed E-state index contributed by atoms with van der Waals surface area (Å²) in [6.07, 6.45) is 0. The van der Waals surface area contributed by atoms with Crippen LogP contribution in [-0.4, -0.2) is 0 Å². The van der Waals surface area contributed by atoms with Crippen molar-refractivity contribution in [1.82, 2.24) is 0 Å². The third-order valence-electron chi connectivity index (χ3n) is 1.48. The van der Waals surface area contributed by atoms with E-state index in [0.717, 1.165) is 11.3 Å². The van der Waals surface area contributed by atoms with Crippen LogP contribution in [0.5, 0.6) is 0 Å². The first-order chi connectivity index (χ1) is 5.27. The second-order valence-electron chi connectivity index (χ2n) is 2.23. The third-order valence-corrected chi connectivity index (χ3v) is 1.48. The molecule has 0 heterocycles. The maximum atomic E-state index is 10.1. The summed E-state index contributed by atoms with van der Waals surface area (Å²) in [5.74, 6) is 5.18. The summed E-state index contributed by atoms with van der Waals surface area (Å²) < 4.78 is 0. The van der Waals surface area contributed by atoms with Gasteiger partial charge in [0.1, 0.15) is 5.69 Å². The Bertz CT molecular complexity index is 272. The van der Waals surface area contributed by atoms with E-state index in [2.05, 4.69) is 10.6 Å². The summed E-state index contributed by atoms with van der Waals surface area (Å²) in [5.41, 5.74) is 4.56. The van der Waals surface area contributed by atoms with Crippen LogP contribution in [-0.2, 0) is 0 Å². The van der Waals surface area contributed by atoms with Crippen LogP contribution >= 0.6 is 0 Å². The molecule has 0 unspecified atom stereocenters. The number of anilines is 1. The van der Waals surface area contributed by atoms with E-state index in [4.69, 9.17) is 5.84 Å². The van der Waals surface area contributed by atoms with Crippen molar-refractivity contribution in [3.8, 4) is 0 Å². The number of nitrogen functional groups attached to an aromatic ring is 1. The van der Waals surface area contributed by atoms with E-state index in [1.54, 1.807) is 18.2 Å². The van der Waals surface area contributed by atoms with Gasteiger partial charge in [-0.2, -0.15) is 0 Å².